The van der Waals surface area contributed by atoms with Gasteiger partial charge in [0.15, 0.2) is 25.7 Å². The molecule has 2 rings (SSSR count). The predicted octanol–water partition coefficient (Wildman–Crippen LogP) is 1.38. The van der Waals surface area contributed by atoms with Crippen LogP contribution in [0.15, 0.2) is 21.9 Å². The van der Waals surface area contributed by atoms with Crippen LogP contribution in [0.2, 0.25) is 0 Å². The van der Waals surface area contributed by atoms with Crippen LogP contribution >= 0.6 is 0 Å². The molecular formula is C28H42FN3O11. The maximum absolute atomic E-state index is 16.6. The van der Waals surface area contributed by atoms with Gasteiger partial charge in [-0.25, -0.2) is 13.8 Å². The van der Waals surface area contributed by atoms with Crippen molar-refractivity contribution in [2.75, 3.05) is 26.2 Å². The van der Waals surface area contributed by atoms with E-state index in [1.807, 2.05) is 13.8 Å². The van der Waals surface area contributed by atoms with Crippen molar-refractivity contribution in [2.24, 2.45) is 17.8 Å². The van der Waals surface area contributed by atoms with E-state index in [1.165, 1.54) is 41.5 Å². The average Bonchev–Trinajstić information content (AvgIpc) is 3.20. The molecule has 1 aromatic rings. The van der Waals surface area contributed by atoms with Crippen LogP contribution in [0.4, 0.5) is 4.39 Å². The first kappa shape index (κ1) is 35.6. The number of carbonyl (C=O) groups excluding carboxylic acids is 4. The van der Waals surface area contributed by atoms with E-state index >= 15 is 4.39 Å². The van der Waals surface area contributed by atoms with Gasteiger partial charge in [0, 0.05) is 12.3 Å². The summed E-state index contributed by atoms with van der Waals surface area (Å²) in [7, 11) is 0. The van der Waals surface area contributed by atoms with E-state index in [2.05, 4.69) is 0 Å². The van der Waals surface area contributed by atoms with Gasteiger partial charge in [0.1, 0.15) is 0 Å². The van der Waals surface area contributed by atoms with Gasteiger partial charge in [0.2, 0.25) is 6.10 Å². The summed E-state index contributed by atoms with van der Waals surface area (Å²) in [6.07, 6.45) is -4.54. The SMILES string of the molecule is CCN(CC)CC(=O)OCn1c(=O)ccn([C@@H]2O[C@](F)(COC(=O)C(C)C)[C@@H](OC(=O)C(C)C)[C@H]2OC(=O)C(C)C)c1=O. The molecule has 0 N–H and O–H groups in total. The molecule has 1 aromatic heterocycles. The molecule has 0 bridgehead atoms. The van der Waals surface area contributed by atoms with Crippen LogP contribution in [0.5, 0.6) is 0 Å². The summed E-state index contributed by atoms with van der Waals surface area (Å²) in [4.78, 5) is 77.6. The minimum absolute atomic E-state index is 0.0793. The third kappa shape index (κ3) is 8.95. The molecule has 0 aromatic carbocycles. The molecule has 1 fully saturated rings. The number of hydrogen-bond acceptors (Lipinski definition) is 12. The van der Waals surface area contributed by atoms with Gasteiger partial charge in [-0.05, 0) is 13.1 Å². The number of nitrogens with zero attached hydrogens (tertiary/aromatic N) is 3. The van der Waals surface area contributed by atoms with Crippen molar-refractivity contribution in [3.05, 3.63) is 33.1 Å². The zero-order valence-electron chi connectivity index (χ0n) is 25.9. The number of esters is 4. The van der Waals surface area contributed by atoms with Crippen molar-refractivity contribution in [2.45, 2.75) is 86.4 Å². The molecule has 0 saturated carbocycles. The summed E-state index contributed by atoms with van der Waals surface area (Å²) in [5.41, 5.74) is -1.94. The molecule has 0 radical (unpaired) electrons. The van der Waals surface area contributed by atoms with Crippen molar-refractivity contribution in [1.82, 2.24) is 14.0 Å². The number of likely N-dealkylation sites (N-methyl/N-ethyl adjacent to an activating group) is 1. The monoisotopic (exact) mass is 615 g/mol. The summed E-state index contributed by atoms with van der Waals surface area (Å²) >= 11 is 0. The van der Waals surface area contributed by atoms with E-state index in [1.54, 1.807) is 4.90 Å². The lowest BCUT2D eigenvalue weighted by Gasteiger charge is -2.28. The Morgan fingerprint density at radius 1 is 0.930 bits per heavy atom. The largest absolute Gasteiger partial charge is 0.459 e. The van der Waals surface area contributed by atoms with Crippen LogP contribution in [0, 0.1) is 17.8 Å². The lowest BCUT2D eigenvalue weighted by molar-refractivity contribution is -0.226. The van der Waals surface area contributed by atoms with Gasteiger partial charge >= 0.3 is 29.6 Å². The summed E-state index contributed by atoms with van der Waals surface area (Å²) in [6, 6.07) is 0.941. The maximum atomic E-state index is 16.6. The maximum Gasteiger partial charge on any atom is 0.336 e. The standard InChI is InChI=1S/C28H42FN3O11/c1-9-30(10-2)13-20(34)40-15-32-19(33)11-12-31(27(32)38)23-21(41-25(36)17(5)6)22(42-26(37)18(7)8)28(29,43-23)14-39-24(35)16(3)4/h11-12,16-18,21-23H,9-10,13-15H2,1-8H3/t21-,22+,23-,28-/m1/s1. The van der Waals surface area contributed by atoms with Crippen molar-refractivity contribution < 1.29 is 47.3 Å². The zero-order valence-corrected chi connectivity index (χ0v) is 25.9. The predicted molar refractivity (Wildman–Crippen MR) is 148 cm³/mol. The van der Waals surface area contributed by atoms with Crippen molar-refractivity contribution in [1.29, 1.82) is 0 Å². The van der Waals surface area contributed by atoms with E-state index in [4.69, 9.17) is 23.7 Å². The summed E-state index contributed by atoms with van der Waals surface area (Å²) in [6.45, 7) is 12.0. The highest BCUT2D eigenvalue weighted by molar-refractivity contribution is 5.73. The molecule has 1 saturated heterocycles. The van der Waals surface area contributed by atoms with Gasteiger partial charge in [0.05, 0.1) is 24.3 Å². The fourth-order valence-electron chi connectivity index (χ4n) is 3.86. The molecule has 0 aliphatic carbocycles. The molecule has 1 aliphatic rings. The fraction of sp³-hybridized carbons (Fsp3) is 0.714. The van der Waals surface area contributed by atoms with Gasteiger partial charge in [-0.3, -0.25) is 33.4 Å². The number of aromatic nitrogens is 2. The molecule has 242 valence electrons. The topological polar surface area (TPSA) is 162 Å². The molecule has 0 unspecified atom stereocenters. The highest BCUT2D eigenvalue weighted by Gasteiger charge is 2.62. The van der Waals surface area contributed by atoms with E-state index in [0.717, 1.165) is 16.8 Å². The minimum atomic E-state index is -3.07. The lowest BCUT2D eigenvalue weighted by atomic mass is 10.1. The van der Waals surface area contributed by atoms with Crippen LogP contribution < -0.4 is 11.2 Å². The molecule has 2 heterocycles. The molecule has 0 amide bonds. The second-order valence-corrected chi connectivity index (χ2v) is 11.0. The molecule has 1 aliphatic heterocycles. The summed E-state index contributed by atoms with van der Waals surface area (Å²) in [5, 5.41) is 0. The van der Waals surface area contributed by atoms with E-state index < -0.39 is 90.5 Å². The minimum Gasteiger partial charge on any atom is -0.459 e. The van der Waals surface area contributed by atoms with Gasteiger partial charge in [-0.2, -0.15) is 0 Å². The van der Waals surface area contributed by atoms with E-state index in [-0.39, 0.29) is 6.54 Å². The average molecular weight is 616 g/mol. The second kappa shape index (κ2) is 15.2. The summed E-state index contributed by atoms with van der Waals surface area (Å²) in [5.74, 6) is -8.35. The smallest absolute Gasteiger partial charge is 0.336 e. The Labute approximate surface area is 249 Å². The Morgan fingerprint density at radius 2 is 1.49 bits per heavy atom. The Balaban J connectivity index is 2.57. The van der Waals surface area contributed by atoms with Crippen LogP contribution in [0.25, 0.3) is 0 Å². The first-order valence-electron chi connectivity index (χ1n) is 14.2. The van der Waals surface area contributed by atoms with Crippen molar-refractivity contribution >= 4 is 23.9 Å². The summed E-state index contributed by atoms with van der Waals surface area (Å²) < 4.78 is 44.6. The number of carbonyl (C=O) groups is 4. The number of rotatable bonds is 14. The molecule has 0 spiro atoms. The van der Waals surface area contributed by atoms with Gasteiger partial charge < -0.3 is 23.7 Å². The first-order chi connectivity index (χ1) is 20.1. The zero-order chi connectivity index (χ0) is 32.6. The van der Waals surface area contributed by atoms with E-state index in [9.17, 15) is 28.8 Å². The number of alkyl halides is 1. The molecule has 14 nitrogen and oxygen atoms in total. The van der Waals surface area contributed by atoms with Gasteiger partial charge in [0.25, 0.3) is 11.4 Å². The van der Waals surface area contributed by atoms with Crippen LogP contribution in [0.1, 0.15) is 61.6 Å². The van der Waals surface area contributed by atoms with Gasteiger partial charge in [-0.1, -0.05) is 55.4 Å². The van der Waals surface area contributed by atoms with Crippen LogP contribution in [-0.2, 0) is 49.6 Å². The quantitative estimate of drug-likeness (QED) is 0.219. The normalized spacial score (nSPS) is 21.8. The molecular weight excluding hydrogens is 573 g/mol. The molecule has 4 atom stereocenters. The Hall–Kier alpha value is -3.59. The first-order valence-corrected chi connectivity index (χ1v) is 14.2. The Kier molecular flexibility index (Phi) is 12.6. The van der Waals surface area contributed by atoms with Crippen LogP contribution in [-0.4, -0.2) is 82.2 Å². The number of halogens is 1. The Bertz CT molecular complexity index is 1270. The van der Waals surface area contributed by atoms with Crippen molar-refractivity contribution in [3.63, 3.8) is 0 Å². The second-order valence-electron chi connectivity index (χ2n) is 11.0. The van der Waals surface area contributed by atoms with Crippen molar-refractivity contribution in [3.8, 4) is 0 Å². The van der Waals surface area contributed by atoms with E-state index in [0.29, 0.717) is 17.7 Å². The molecule has 43 heavy (non-hydrogen) atoms. The number of hydrogen-bond donors (Lipinski definition) is 0. The lowest BCUT2D eigenvalue weighted by Crippen LogP contribution is -2.49. The molecule has 15 heteroatoms. The van der Waals surface area contributed by atoms with Gasteiger partial charge in [-0.15, -0.1) is 0 Å². The highest BCUT2D eigenvalue weighted by Crippen LogP contribution is 2.42. The third-order valence-electron chi connectivity index (χ3n) is 6.61. The third-order valence-corrected chi connectivity index (χ3v) is 6.61. The fourth-order valence-corrected chi connectivity index (χ4v) is 3.86. The number of ether oxygens (including phenoxy) is 5. The Morgan fingerprint density at radius 3 is 2.02 bits per heavy atom. The highest BCUT2D eigenvalue weighted by atomic mass is 19.2. The van der Waals surface area contributed by atoms with Crippen LogP contribution in [0.3, 0.4) is 0 Å².